The minimum absolute atomic E-state index is 0.110. The lowest BCUT2D eigenvalue weighted by Gasteiger charge is -2.34. The van der Waals surface area contributed by atoms with Gasteiger partial charge in [-0.1, -0.05) is 19.3 Å². The van der Waals surface area contributed by atoms with Gasteiger partial charge in [-0.3, -0.25) is 4.79 Å². The normalized spacial score (nSPS) is 17.7. The molecule has 2 rings (SSSR count). The fourth-order valence-electron chi connectivity index (χ4n) is 2.49. The van der Waals surface area contributed by atoms with Gasteiger partial charge in [0.15, 0.2) is 0 Å². The van der Waals surface area contributed by atoms with Crippen LogP contribution in [-0.2, 0) is 0 Å². The van der Waals surface area contributed by atoms with Crippen molar-refractivity contribution in [1.82, 2.24) is 10.3 Å². The van der Waals surface area contributed by atoms with Crippen LogP contribution >= 0.6 is 0 Å². The Bertz CT molecular complexity index is 493. The van der Waals surface area contributed by atoms with Crippen molar-refractivity contribution in [3.8, 4) is 0 Å². The summed E-state index contributed by atoms with van der Waals surface area (Å²) in [5, 5.41) is 11.9. The Labute approximate surface area is 112 Å². The second kappa shape index (κ2) is 5.38. The van der Waals surface area contributed by atoms with Gasteiger partial charge < -0.3 is 10.4 Å². The van der Waals surface area contributed by atoms with Crippen LogP contribution in [0.25, 0.3) is 0 Å². The molecule has 1 heterocycles. The molecular weight excluding hydrogens is 244 g/mol. The Balaban J connectivity index is 2.11. The first-order chi connectivity index (χ1) is 9.00. The molecule has 1 saturated carbocycles. The predicted molar refractivity (Wildman–Crippen MR) is 70.2 cm³/mol. The van der Waals surface area contributed by atoms with Crippen LogP contribution in [0.1, 0.15) is 59.9 Å². The third kappa shape index (κ3) is 3.30. The molecule has 0 atom stereocenters. The molecule has 1 aromatic heterocycles. The van der Waals surface area contributed by atoms with E-state index in [-0.39, 0.29) is 17.1 Å². The van der Waals surface area contributed by atoms with Gasteiger partial charge in [0.05, 0.1) is 0 Å². The summed E-state index contributed by atoms with van der Waals surface area (Å²) in [6.45, 7) is 2.04. The smallest absolute Gasteiger partial charge is 0.354 e. The Kier molecular flexibility index (Phi) is 3.83. The molecule has 0 bridgehead atoms. The molecule has 1 amide bonds. The molecule has 0 spiro atoms. The Hall–Kier alpha value is -1.91. The molecule has 1 aliphatic rings. The van der Waals surface area contributed by atoms with Crippen molar-refractivity contribution >= 4 is 11.9 Å². The van der Waals surface area contributed by atoms with Crippen molar-refractivity contribution in [2.45, 2.75) is 44.6 Å². The summed E-state index contributed by atoms with van der Waals surface area (Å²) in [7, 11) is 0. The topological polar surface area (TPSA) is 79.3 Å². The van der Waals surface area contributed by atoms with Crippen molar-refractivity contribution in [2.24, 2.45) is 0 Å². The molecule has 0 aliphatic heterocycles. The standard InChI is InChI=1S/C14H18N2O3/c1-14(6-3-2-4-7-14)16-12(17)10-5-8-15-11(9-10)13(18)19/h5,8-9H,2-4,6-7H2,1H3,(H,16,17)(H,18,19). The van der Waals surface area contributed by atoms with E-state index in [1.807, 2.05) is 6.92 Å². The number of carbonyl (C=O) groups excluding carboxylic acids is 1. The van der Waals surface area contributed by atoms with Gasteiger partial charge in [0, 0.05) is 17.3 Å². The van der Waals surface area contributed by atoms with E-state index in [1.165, 1.54) is 24.8 Å². The molecule has 2 N–H and O–H groups in total. The maximum Gasteiger partial charge on any atom is 0.354 e. The molecule has 1 aliphatic carbocycles. The number of rotatable bonds is 3. The summed E-state index contributed by atoms with van der Waals surface area (Å²) >= 11 is 0. The van der Waals surface area contributed by atoms with Gasteiger partial charge in [-0.05, 0) is 31.9 Å². The zero-order valence-electron chi connectivity index (χ0n) is 11.0. The maximum absolute atomic E-state index is 12.2. The molecule has 0 aromatic carbocycles. The van der Waals surface area contributed by atoms with E-state index in [1.54, 1.807) is 0 Å². The van der Waals surface area contributed by atoms with Gasteiger partial charge in [-0.15, -0.1) is 0 Å². The number of nitrogens with one attached hydrogen (secondary N) is 1. The summed E-state index contributed by atoms with van der Waals surface area (Å²) in [5.41, 5.74) is 0.0581. The third-order valence-corrected chi connectivity index (χ3v) is 3.61. The molecule has 102 valence electrons. The number of hydrogen-bond donors (Lipinski definition) is 2. The van der Waals surface area contributed by atoms with E-state index in [9.17, 15) is 9.59 Å². The fraction of sp³-hybridized carbons (Fsp3) is 0.500. The SMILES string of the molecule is CC1(NC(=O)c2ccnc(C(=O)O)c2)CCCCC1. The van der Waals surface area contributed by atoms with Crippen LogP contribution < -0.4 is 5.32 Å². The Morgan fingerprint density at radius 3 is 2.63 bits per heavy atom. The van der Waals surface area contributed by atoms with Gasteiger partial charge in [-0.2, -0.15) is 0 Å². The van der Waals surface area contributed by atoms with E-state index in [0.29, 0.717) is 5.56 Å². The average Bonchev–Trinajstić information content (AvgIpc) is 2.39. The molecule has 0 unspecified atom stereocenters. The molecule has 0 radical (unpaired) electrons. The second-order valence-corrected chi connectivity index (χ2v) is 5.31. The molecule has 5 heteroatoms. The summed E-state index contributed by atoms with van der Waals surface area (Å²) in [6.07, 6.45) is 6.73. The number of carboxylic acids is 1. The number of nitrogens with zero attached hydrogens (tertiary/aromatic N) is 1. The summed E-state index contributed by atoms with van der Waals surface area (Å²) < 4.78 is 0. The largest absolute Gasteiger partial charge is 0.477 e. The summed E-state index contributed by atoms with van der Waals surface area (Å²) in [4.78, 5) is 26.7. The van der Waals surface area contributed by atoms with E-state index in [0.717, 1.165) is 25.7 Å². The van der Waals surface area contributed by atoms with Crippen molar-refractivity contribution in [3.05, 3.63) is 29.6 Å². The van der Waals surface area contributed by atoms with Crippen LogP contribution in [0, 0.1) is 0 Å². The molecule has 19 heavy (non-hydrogen) atoms. The van der Waals surface area contributed by atoms with Gasteiger partial charge in [0.25, 0.3) is 5.91 Å². The zero-order valence-corrected chi connectivity index (χ0v) is 11.0. The van der Waals surface area contributed by atoms with Crippen LogP contribution in [0.4, 0.5) is 0 Å². The lowest BCUT2D eigenvalue weighted by atomic mass is 9.83. The summed E-state index contributed by atoms with van der Waals surface area (Å²) in [6, 6.07) is 2.85. The highest BCUT2D eigenvalue weighted by atomic mass is 16.4. The van der Waals surface area contributed by atoms with Crippen LogP contribution in [0.15, 0.2) is 18.3 Å². The predicted octanol–water partition coefficient (Wildman–Crippen LogP) is 2.23. The van der Waals surface area contributed by atoms with Crippen LogP contribution in [0.5, 0.6) is 0 Å². The number of pyridine rings is 1. The monoisotopic (exact) mass is 262 g/mol. The van der Waals surface area contributed by atoms with E-state index in [2.05, 4.69) is 10.3 Å². The summed E-state index contributed by atoms with van der Waals surface area (Å²) in [5.74, 6) is -1.35. The lowest BCUT2D eigenvalue weighted by Crippen LogP contribution is -2.47. The molecular formula is C14H18N2O3. The Morgan fingerprint density at radius 1 is 1.32 bits per heavy atom. The van der Waals surface area contributed by atoms with Crippen LogP contribution in [0.2, 0.25) is 0 Å². The molecule has 1 aromatic rings. The number of carboxylic acid groups (broad SMARTS) is 1. The van der Waals surface area contributed by atoms with E-state index in [4.69, 9.17) is 5.11 Å². The quantitative estimate of drug-likeness (QED) is 0.875. The number of amides is 1. The van der Waals surface area contributed by atoms with Crippen LogP contribution in [-0.4, -0.2) is 27.5 Å². The van der Waals surface area contributed by atoms with Crippen molar-refractivity contribution in [1.29, 1.82) is 0 Å². The lowest BCUT2D eigenvalue weighted by molar-refractivity contribution is 0.0690. The maximum atomic E-state index is 12.2. The van der Waals surface area contributed by atoms with E-state index < -0.39 is 5.97 Å². The Morgan fingerprint density at radius 2 is 2.00 bits per heavy atom. The highest BCUT2D eigenvalue weighted by Crippen LogP contribution is 2.27. The first-order valence-corrected chi connectivity index (χ1v) is 6.52. The minimum Gasteiger partial charge on any atom is -0.477 e. The number of carbonyl (C=O) groups is 2. The molecule has 0 saturated heterocycles. The van der Waals surface area contributed by atoms with Crippen molar-refractivity contribution in [2.75, 3.05) is 0 Å². The number of aromatic nitrogens is 1. The van der Waals surface area contributed by atoms with Crippen molar-refractivity contribution in [3.63, 3.8) is 0 Å². The van der Waals surface area contributed by atoms with Crippen molar-refractivity contribution < 1.29 is 14.7 Å². The first-order valence-electron chi connectivity index (χ1n) is 6.52. The number of hydrogen-bond acceptors (Lipinski definition) is 3. The minimum atomic E-state index is -1.13. The van der Waals surface area contributed by atoms with Gasteiger partial charge in [-0.25, -0.2) is 9.78 Å². The van der Waals surface area contributed by atoms with Crippen LogP contribution in [0.3, 0.4) is 0 Å². The zero-order chi connectivity index (χ0) is 13.9. The van der Waals surface area contributed by atoms with Gasteiger partial charge in [0.2, 0.25) is 0 Å². The number of aromatic carboxylic acids is 1. The average molecular weight is 262 g/mol. The third-order valence-electron chi connectivity index (χ3n) is 3.61. The van der Waals surface area contributed by atoms with Gasteiger partial charge >= 0.3 is 5.97 Å². The molecule has 5 nitrogen and oxygen atoms in total. The van der Waals surface area contributed by atoms with E-state index >= 15 is 0 Å². The first kappa shape index (κ1) is 13.5. The highest BCUT2D eigenvalue weighted by Gasteiger charge is 2.28. The second-order valence-electron chi connectivity index (χ2n) is 5.31. The fourth-order valence-corrected chi connectivity index (χ4v) is 2.49. The highest BCUT2D eigenvalue weighted by molar-refractivity contribution is 5.97. The molecule has 1 fully saturated rings. The van der Waals surface area contributed by atoms with Gasteiger partial charge in [0.1, 0.15) is 5.69 Å².